The normalized spacial score (nSPS) is 10.4. The predicted molar refractivity (Wildman–Crippen MR) is 54.3 cm³/mol. The molecule has 0 aliphatic heterocycles. The van der Waals surface area contributed by atoms with E-state index in [0.717, 1.165) is 30.2 Å². The smallest absolute Gasteiger partial charge is 0.200 e. The van der Waals surface area contributed by atoms with Gasteiger partial charge in [0.2, 0.25) is 0 Å². The largest absolute Gasteiger partial charge is 0.469 e. The lowest BCUT2D eigenvalue weighted by atomic mass is 10.2. The van der Waals surface area contributed by atoms with Crippen LogP contribution >= 0.6 is 0 Å². The summed E-state index contributed by atoms with van der Waals surface area (Å²) in [7, 11) is 1.84. The molecule has 74 valence electrons. The van der Waals surface area contributed by atoms with Crippen molar-refractivity contribution in [2.45, 2.75) is 12.8 Å². The molecule has 0 saturated carbocycles. The van der Waals surface area contributed by atoms with E-state index in [1.165, 1.54) is 0 Å². The summed E-state index contributed by atoms with van der Waals surface area (Å²) in [5.74, 6) is 1.81. The lowest BCUT2D eigenvalue weighted by Crippen LogP contribution is -1.92. The molecule has 0 saturated heterocycles. The standard InChI is InChI=1S/C10H13N3O/c1-11-10-12-7-8(13-10)4-5-9-3-2-6-14-9/h2-3,6-7H,4-5H2,1H3,(H2,11,12,13). The van der Waals surface area contributed by atoms with Crippen LogP contribution in [0.5, 0.6) is 0 Å². The third-order valence-corrected chi connectivity index (χ3v) is 2.09. The van der Waals surface area contributed by atoms with Crippen LogP contribution in [0.4, 0.5) is 5.95 Å². The summed E-state index contributed by atoms with van der Waals surface area (Å²) in [6.45, 7) is 0. The number of nitrogens with one attached hydrogen (secondary N) is 2. The fourth-order valence-corrected chi connectivity index (χ4v) is 1.33. The van der Waals surface area contributed by atoms with E-state index in [0.29, 0.717) is 0 Å². The van der Waals surface area contributed by atoms with Gasteiger partial charge < -0.3 is 14.7 Å². The molecule has 0 spiro atoms. The van der Waals surface area contributed by atoms with Crippen LogP contribution in [0.2, 0.25) is 0 Å². The monoisotopic (exact) mass is 191 g/mol. The SMILES string of the molecule is CNc1ncc(CCc2ccco2)[nH]1. The lowest BCUT2D eigenvalue weighted by molar-refractivity contribution is 0.508. The first-order chi connectivity index (χ1) is 6.88. The number of hydrogen-bond acceptors (Lipinski definition) is 3. The third-order valence-electron chi connectivity index (χ3n) is 2.09. The molecule has 0 unspecified atom stereocenters. The molecule has 0 atom stereocenters. The molecule has 14 heavy (non-hydrogen) atoms. The van der Waals surface area contributed by atoms with Gasteiger partial charge in [0, 0.05) is 19.2 Å². The first-order valence-corrected chi connectivity index (χ1v) is 4.62. The van der Waals surface area contributed by atoms with Gasteiger partial charge in [-0.15, -0.1) is 0 Å². The minimum atomic E-state index is 0.805. The van der Waals surface area contributed by atoms with E-state index in [1.807, 2.05) is 25.4 Å². The van der Waals surface area contributed by atoms with Crippen molar-refractivity contribution < 1.29 is 4.42 Å². The van der Waals surface area contributed by atoms with Gasteiger partial charge in [0.05, 0.1) is 12.5 Å². The Labute approximate surface area is 82.4 Å². The van der Waals surface area contributed by atoms with Gasteiger partial charge in [0.25, 0.3) is 0 Å². The lowest BCUT2D eigenvalue weighted by Gasteiger charge is -1.94. The van der Waals surface area contributed by atoms with Gasteiger partial charge in [-0.25, -0.2) is 4.98 Å². The fourth-order valence-electron chi connectivity index (χ4n) is 1.33. The summed E-state index contributed by atoms with van der Waals surface area (Å²) in [4.78, 5) is 7.30. The van der Waals surface area contributed by atoms with E-state index >= 15 is 0 Å². The third kappa shape index (κ3) is 1.96. The average molecular weight is 191 g/mol. The molecule has 4 nitrogen and oxygen atoms in total. The Balaban J connectivity index is 1.92. The molecule has 0 aliphatic rings. The Morgan fingerprint density at radius 3 is 3.07 bits per heavy atom. The van der Waals surface area contributed by atoms with E-state index in [2.05, 4.69) is 15.3 Å². The number of anilines is 1. The highest BCUT2D eigenvalue weighted by atomic mass is 16.3. The van der Waals surface area contributed by atoms with Crippen LogP contribution in [0.25, 0.3) is 0 Å². The van der Waals surface area contributed by atoms with Gasteiger partial charge in [-0.1, -0.05) is 0 Å². The fraction of sp³-hybridized carbons (Fsp3) is 0.300. The zero-order valence-electron chi connectivity index (χ0n) is 8.08. The maximum absolute atomic E-state index is 5.24. The van der Waals surface area contributed by atoms with Crippen LogP contribution in [0.1, 0.15) is 11.5 Å². The van der Waals surface area contributed by atoms with Crippen LogP contribution in [0.3, 0.4) is 0 Å². The number of aromatic amines is 1. The maximum atomic E-state index is 5.24. The Kier molecular flexibility index (Phi) is 2.53. The Hall–Kier alpha value is -1.71. The van der Waals surface area contributed by atoms with Crippen molar-refractivity contribution in [2.75, 3.05) is 12.4 Å². The number of nitrogens with zero attached hydrogens (tertiary/aromatic N) is 1. The Morgan fingerprint density at radius 1 is 1.50 bits per heavy atom. The summed E-state index contributed by atoms with van der Waals surface area (Å²) in [5, 5.41) is 2.95. The van der Waals surface area contributed by atoms with Crippen molar-refractivity contribution in [2.24, 2.45) is 0 Å². The van der Waals surface area contributed by atoms with E-state index in [9.17, 15) is 0 Å². The quantitative estimate of drug-likeness (QED) is 0.775. The molecular weight excluding hydrogens is 178 g/mol. The summed E-state index contributed by atoms with van der Waals surface area (Å²) in [6, 6.07) is 3.89. The summed E-state index contributed by atoms with van der Waals surface area (Å²) in [6.07, 6.45) is 5.36. The topological polar surface area (TPSA) is 53.9 Å². The first kappa shape index (κ1) is 8.87. The van der Waals surface area contributed by atoms with Crippen LogP contribution in [-0.4, -0.2) is 17.0 Å². The second kappa shape index (κ2) is 4.00. The van der Waals surface area contributed by atoms with Gasteiger partial charge in [-0.05, 0) is 18.6 Å². The Bertz CT molecular complexity index is 378. The van der Waals surface area contributed by atoms with Crippen LogP contribution in [-0.2, 0) is 12.8 Å². The number of H-pyrrole nitrogens is 1. The van der Waals surface area contributed by atoms with Crippen LogP contribution < -0.4 is 5.32 Å². The van der Waals surface area contributed by atoms with Gasteiger partial charge in [0.15, 0.2) is 5.95 Å². The van der Waals surface area contributed by atoms with E-state index in [4.69, 9.17) is 4.42 Å². The number of furan rings is 1. The average Bonchev–Trinajstić information content (AvgIpc) is 2.86. The molecule has 0 radical (unpaired) electrons. The molecule has 2 aromatic heterocycles. The van der Waals surface area contributed by atoms with E-state index in [1.54, 1.807) is 6.26 Å². The van der Waals surface area contributed by atoms with Gasteiger partial charge >= 0.3 is 0 Å². The summed E-state index contributed by atoms with van der Waals surface area (Å²) < 4.78 is 5.24. The summed E-state index contributed by atoms with van der Waals surface area (Å²) in [5.41, 5.74) is 1.12. The second-order valence-electron chi connectivity index (χ2n) is 3.09. The van der Waals surface area contributed by atoms with Crippen molar-refractivity contribution in [3.05, 3.63) is 36.0 Å². The van der Waals surface area contributed by atoms with Crippen molar-refractivity contribution in [1.29, 1.82) is 0 Å². The second-order valence-corrected chi connectivity index (χ2v) is 3.09. The number of aryl methyl sites for hydroxylation is 2. The highest BCUT2D eigenvalue weighted by Gasteiger charge is 2.00. The number of hydrogen-bond donors (Lipinski definition) is 2. The maximum Gasteiger partial charge on any atom is 0.200 e. The minimum absolute atomic E-state index is 0.805. The van der Waals surface area contributed by atoms with E-state index in [-0.39, 0.29) is 0 Å². The number of imidazole rings is 1. The van der Waals surface area contributed by atoms with Gasteiger partial charge in [-0.2, -0.15) is 0 Å². The molecule has 0 aliphatic carbocycles. The molecule has 0 bridgehead atoms. The zero-order chi connectivity index (χ0) is 9.80. The molecule has 0 fully saturated rings. The zero-order valence-corrected chi connectivity index (χ0v) is 8.08. The van der Waals surface area contributed by atoms with E-state index < -0.39 is 0 Å². The molecule has 2 aromatic rings. The molecule has 2 rings (SSSR count). The molecule has 2 heterocycles. The molecule has 2 N–H and O–H groups in total. The minimum Gasteiger partial charge on any atom is -0.469 e. The highest BCUT2D eigenvalue weighted by molar-refractivity contribution is 5.25. The van der Waals surface area contributed by atoms with Gasteiger partial charge in [0.1, 0.15) is 5.76 Å². The van der Waals surface area contributed by atoms with Crippen molar-refractivity contribution in [3.63, 3.8) is 0 Å². The number of rotatable bonds is 4. The molecule has 0 aromatic carbocycles. The molecular formula is C10H13N3O. The van der Waals surface area contributed by atoms with Crippen LogP contribution in [0.15, 0.2) is 29.0 Å². The molecule has 0 amide bonds. The van der Waals surface area contributed by atoms with Crippen molar-refractivity contribution in [3.8, 4) is 0 Å². The first-order valence-electron chi connectivity index (χ1n) is 4.62. The van der Waals surface area contributed by atoms with Crippen molar-refractivity contribution >= 4 is 5.95 Å². The van der Waals surface area contributed by atoms with Gasteiger partial charge in [-0.3, -0.25) is 0 Å². The summed E-state index contributed by atoms with van der Waals surface area (Å²) >= 11 is 0. The van der Waals surface area contributed by atoms with Crippen molar-refractivity contribution in [1.82, 2.24) is 9.97 Å². The van der Waals surface area contributed by atoms with Crippen LogP contribution in [0, 0.1) is 0 Å². The Morgan fingerprint density at radius 2 is 2.43 bits per heavy atom. The molecule has 4 heteroatoms. The highest BCUT2D eigenvalue weighted by Crippen LogP contribution is 2.07. The number of aromatic nitrogens is 2. The predicted octanol–water partition coefficient (Wildman–Crippen LogP) is 1.83.